The molecule has 124 valence electrons. The molecular weight excluding hydrogens is 306 g/mol. The van der Waals surface area contributed by atoms with E-state index in [1.807, 2.05) is 37.3 Å². The smallest absolute Gasteiger partial charge is 0.248 e. The monoisotopic (exact) mass is 325 g/mol. The van der Waals surface area contributed by atoms with Crippen molar-refractivity contribution in [1.82, 2.24) is 5.01 Å². The highest BCUT2D eigenvalue weighted by molar-refractivity contribution is 6.14. The largest absolute Gasteiger partial charge is 0.467 e. The number of rotatable bonds is 5. The molecule has 3 rings (SSSR count). The van der Waals surface area contributed by atoms with Gasteiger partial charge in [-0.3, -0.25) is 9.59 Å². The second kappa shape index (κ2) is 6.70. The summed E-state index contributed by atoms with van der Waals surface area (Å²) in [6, 6.07) is 11.4. The molecule has 1 aliphatic heterocycles. The van der Waals surface area contributed by atoms with E-state index in [4.69, 9.17) is 4.42 Å². The average molecular weight is 325 g/mol. The second-order valence-electron chi connectivity index (χ2n) is 5.83. The Morgan fingerprint density at radius 1 is 1.29 bits per heavy atom. The van der Waals surface area contributed by atoms with Crippen LogP contribution in [0.1, 0.15) is 24.2 Å². The first-order valence-electron chi connectivity index (χ1n) is 7.75. The summed E-state index contributed by atoms with van der Waals surface area (Å²) in [6.07, 6.45) is 1.90. The van der Waals surface area contributed by atoms with E-state index in [1.54, 1.807) is 24.3 Å². The number of hydrogen-bond donors (Lipinski definition) is 0. The van der Waals surface area contributed by atoms with Gasteiger partial charge in [-0.2, -0.15) is 5.10 Å². The summed E-state index contributed by atoms with van der Waals surface area (Å²) in [5.74, 6) is 0.494. The molecule has 1 aromatic heterocycles. The fourth-order valence-corrected chi connectivity index (χ4v) is 2.57. The molecule has 0 bridgehead atoms. The van der Waals surface area contributed by atoms with Gasteiger partial charge in [-0.1, -0.05) is 17.7 Å². The first kappa shape index (κ1) is 16.0. The molecule has 0 radical (unpaired) electrons. The quantitative estimate of drug-likeness (QED) is 0.849. The summed E-state index contributed by atoms with van der Waals surface area (Å²) >= 11 is 0. The number of benzene rings is 1. The minimum absolute atomic E-state index is 0.0919. The van der Waals surface area contributed by atoms with Crippen LogP contribution >= 0.6 is 0 Å². The fraction of sp³-hybridized carbons (Fsp3) is 0.278. The van der Waals surface area contributed by atoms with Gasteiger partial charge in [0.15, 0.2) is 0 Å². The first-order chi connectivity index (χ1) is 11.5. The van der Waals surface area contributed by atoms with Gasteiger partial charge in [-0.25, -0.2) is 5.01 Å². The zero-order valence-electron chi connectivity index (χ0n) is 13.7. The molecule has 6 heteroatoms. The molecule has 1 aliphatic rings. The molecule has 2 aromatic rings. The number of carbonyl (C=O) groups is 2. The molecule has 2 amide bonds. The van der Waals surface area contributed by atoms with Crippen molar-refractivity contribution in [2.24, 2.45) is 5.10 Å². The SMILES string of the molecule is Cc1ccc(N(Cc2ccco2)C(=O)CC2=NN(C)C(=O)C2)cc1. The van der Waals surface area contributed by atoms with Crippen LogP contribution in [0.25, 0.3) is 0 Å². The maximum atomic E-state index is 12.8. The number of hydrogen-bond acceptors (Lipinski definition) is 4. The van der Waals surface area contributed by atoms with Crippen LogP contribution in [0.2, 0.25) is 0 Å². The maximum Gasteiger partial charge on any atom is 0.248 e. The summed E-state index contributed by atoms with van der Waals surface area (Å²) in [5, 5.41) is 5.41. The Kier molecular flexibility index (Phi) is 4.46. The minimum Gasteiger partial charge on any atom is -0.467 e. The van der Waals surface area contributed by atoms with Crippen molar-refractivity contribution in [3.63, 3.8) is 0 Å². The Bertz CT molecular complexity index is 763. The Morgan fingerprint density at radius 2 is 2.04 bits per heavy atom. The first-order valence-corrected chi connectivity index (χ1v) is 7.75. The van der Waals surface area contributed by atoms with Gasteiger partial charge in [0, 0.05) is 12.7 Å². The topological polar surface area (TPSA) is 66.1 Å². The number of nitrogens with zero attached hydrogens (tertiary/aromatic N) is 3. The third-order valence-corrected chi connectivity index (χ3v) is 3.90. The lowest BCUT2D eigenvalue weighted by molar-refractivity contribution is -0.127. The Morgan fingerprint density at radius 3 is 2.62 bits per heavy atom. The van der Waals surface area contributed by atoms with Crippen LogP contribution in [0.15, 0.2) is 52.2 Å². The van der Waals surface area contributed by atoms with Crippen LogP contribution in [0.5, 0.6) is 0 Å². The summed E-state index contributed by atoms with van der Waals surface area (Å²) < 4.78 is 5.38. The average Bonchev–Trinajstić information content (AvgIpc) is 3.16. The predicted molar refractivity (Wildman–Crippen MR) is 90.5 cm³/mol. The van der Waals surface area contributed by atoms with E-state index in [1.165, 1.54) is 5.01 Å². The third kappa shape index (κ3) is 3.53. The number of hydrazone groups is 1. The maximum absolute atomic E-state index is 12.8. The molecule has 2 heterocycles. The lowest BCUT2D eigenvalue weighted by atomic mass is 10.1. The van der Waals surface area contributed by atoms with Crippen molar-refractivity contribution < 1.29 is 14.0 Å². The van der Waals surface area contributed by atoms with Gasteiger partial charge < -0.3 is 9.32 Å². The number of anilines is 1. The van der Waals surface area contributed by atoms with Crippen LogP contribution in [0, 0.1) is 6.92 Å². The van der Waals surface area contributed by atoms with Crippen molar-refractivity contribution in [3.05, 3.63) is 54.0 Å². The van der Waals surface area contributed by atoms with Gasteiger partial charge in [0.1, 0.15) is 5.76 Å². The van der Waals surface area contributed by atoms with Crippen molar-refractivity contribution in [1.29, 1.82) is 0 Å². The van der Waals surface area contributed by atoms with E-state index in [0.717, 1.165) is 11.3 Å². The van der Waals surface area contributed by atoms with Gasteiger partial charge in [0.25, 0.3) is 0 Å². The van der Waals surface area contributed by atoms with Crippen molar-refractivity contribution in [3.8, 4) is 0 Å². The van der Waals surface area contributed by atoms with E-state index < -0.39 is 0 Å². The van der Waals surface area contributed by atoms with E-state index >= 15 is 0 Å². The van der Waals surface area contributed by atoms with Gasteiger partial charge in [0.2, 0.25) is 11.8 Å². The Labute approximate surface area is 140 Å². The highest BCUT2D eigenvalue weighted by Crippen LogP contribution is 2.21. The molecule has 1 aromatic carbocycles. The van der Waals surface area contributed by atoms with Crippen LogP contribution in [0.4, 0.5) is 5.69 Å². The third-order valence-electron chi connectivity index (χ3n) is 3.90. The van der Waals surface area contributed by atoms with Crippen LogP contribution in [0.3, 0.4) is 0 Å². The molecule has 24 heavy (non-hydrogen) atoms. The summed E-state index contributed by atoms with van der Waals surface area (Å²) in [7, 11) is 1.60. The number of carbonyl (C=O) groups excluding carboxylic acids is 2. The Balaban J connectivity index is 1.81. The predicted octanol–water partition coefficient (Wildman–Crippen LogP) is 2.73. The zero-order valence-corrected chi connectivity index (χ0v) is 13.7. The van der Waals surface area contributed by atoms with E-state index in [2.05, 4.69) is 5.10 Å². The number of aryl methyl sites for hydroxylation is 1. The fourth-order valence-electron chi connectivity index (χ4n) is 2.57. The summed E-state index contributed by atoms with van der Waals surface area (Å²) in [5.41, 5.74) is 2.50. The molecule has 0 unspecified atom stereocenters. The molecular formula is C18H19N3O3. The molecule has 6 nitrogen and oxygen atoms in total. The highest BCUT2D eigenvalue weighted by Gasteiger charge is 2.25. The zero-order chi connectivity index (χ0) is 17.1. The van der Waals surface area contributed by atoms with E-state index in [9.17, 15) is 9.59 Å². The normalized spacial score (nSPS) is 14.0. The van der Waals surface area contributed by atoms with E-state index in [-0.39, 0.29) is 24.7 Å². The van der Waals surface area contributed by atoms with Crippen LogP contribution in [-0.4, -0.2) is 29.6 Å². The van der Waals surface area contributed by atoms with Gasteiger partial charge in [-0.05, 0) is 31.2 Å². The van der Waals surface area contributed by atoms with Crippen LogP contribution in [-0.2, 0) is 16.1 Å². The molecule has 0 aliphatic carbocycles. The van der Waals surface area contributed by atoms with Crippen LogP contribution < -0.4 is 4.90 Å². The molecule has 0 atom stereocenters. The van der Waals surface area contributed by atoms with Crippen molar-refractivity contribution in [2.45, 2.75) is 26.3 Å². The Hall–Kier alpha value is -2.89. The second-order valence-corrected chi connectivity index (χ2v) is 5.83. The van der Waals surface area contributed by atoms with Gasteiger partial charge in [-0.15, -0.1) is 0 Å². The molecule has 0 fully saturated rings. The molecule has 0 spiro atoms. The van der Waals surface area contributed by atoms with E-state index in [0.29, 0.717) is 18.0 Å². The summed E-state index contributed by atoms with van der Waals surface area (Å²) in [6.45, 7) is 2.34. The standard InChI is InChI=1S/C18H19N3O3/c1-13-5-7-15(8-6-13)21(12-16-4-3-9-24-16)18(23)11-14-10-17(22)20(2)19-14/h3-9H,10-12H2,1-2H3. The van der Waals surface area contributed by atoms with Crippen molar-refractivity contribution >= 4 is 23.2 Å². The molecule has 0 N–H and O–H groups in total. The van der Waals surface area contributed by atoms with Gasteiger partial charge in [0.05, 0.1) is 31.4 Å². The lowest BCUT2D eigenvalue weighted by Crippen LogP contribution is -2.31. The minimum atomic E-state index is -0.114. The van der Waals surface area contributed by atoms with Crippen molar-refractivity contribution in [2.75, 3.05) is 11.9 Å². The highest BCUT2D eigenvalue weighted by atomic mass is 16.3. The molecule has 0 saturated heterocycles. The molecule has 0 saturated carbocycles. The number of amides is 2. The number of furan rings is 1. The lowest BCUT2D eigenvalue weighted by Gasteiger charge is -2.22. The van der Waals surface area contributed by atoms with Gasteiger partial charge >= 0.3 is 0 Å². The summed E-state index contributed by atoms with van der Waals surface area (Å²) in [4.78, 5) is 26.0.